The third-order valence-electron chi connectivity index (χ3n) is 5.70. The average molecular weight is 480 g/mol. The summed E-state index contributed by atoms with van der Waals surface area (Å²) in [5.74, 6) is -1.40. The van der Waals surface area contributed by atoms with Crippen molar-refractivity contribution in [3.8, 4) is 0 Å². The van der Waals surface area contributed by atoms with E-state index >= 15 is 0 Å². The van der Waals surface area contributed by atoms with Crippen LogP contribution in [0, 0.1) is 0 Å². The molecule has 4 rings (SSSR count). The topological polar surface area (TPSA) is 97.4 Å². The number of nitrogens with zero attached hydrogens (tertiary/aromatic N) is 1. The summed E-state index contributed by atoms with van der Waals surface area (Å²) in [4.78, 5) is 41.8. The average Bonchev–Trinajstić information content (AvgIpc) is 2.91. The second-order valence-corrected chi connectivity index (χ2v) is 8.17. The normalized spacial score (nSPS) is 11.1. The van der Waals surface area contributed by atoms with Gasteiger partial charge in [-0.25, -0.2) is 4.79 Å². The number of benzene rings is 3. The van der Waals surface area contributed by atoms with Crippen molar-refractivity contribution in [1.82, 2.24) is 10.3 Å². The Morgan fingerprint density at radius 1 is 0.889 bits per heavy atom. The van der Waals surface area contributed by atoms with E-state index in [9.17, 15) is 14.4 Å². The fourth-order valence-electron chi connectivity index (χ4n) is 3.75. The van der Waals surface area contributed by atoms with Crippen LogP contribution in [0.25, 0.3) is 16.3 Å². The minimum atomic E-state index is -0.621. The molecular weight excluding hydrogens is 454 g/mol. The Morgan fingerprint density at radius 3 is 2.36 bits per heavy atom. The van der Waals surface area contributed by atoms with Gasteiger partial charge >= 0.3 is 5.97 Å². The molecule has 36 heavy (non-hydrogen) atoms. The molecule has 0 fully saturated rings. The van der Waals surface area contributed by atoms with Crippen molar-refractivity contribution in [2.24, 2.45) is 0 Å². The number of aromatic nitrogens is 1. The Hall–Kier alpha value is -4.78. The Labute approximate surface area is 208 Å². The number of hydrogen-bond acceptors (Lipinski definition) is 5. The molecule has 2 amide bonds. The maximum Gasteiger partial charge on any atom is 0.339 e. The maximum absolute atomic E-state index is 12.9. The van der Waals surface area contributed by atoms with Gasteiger partial charge in [0, 0.05) is 30.6 Å². The van der Waals surface area contributed by atoms with Crippen LogP contribution in [0.1, 0.15) is 38.8 Å². The predicted molar refractivity (Wildman–Crippen MR) is 139 cm³/mol. The van der Waals surface area contributed by atoms with Crippen LogP contribution < -0.4 is 10.6 Å². The van der Waals surface area contributed by atoms with Gasteiger partial charge in [-0.3, -0.25) is 14.6 Å². The summed E-state index contributed by atoms with van der Waals surface area (Å²) < 4.78 is 4.84. The molecule has 7 nitrogen and oxygen atoms in total. The van der Waals surface area contributed by atoms with E-state index in [-0.39, 0.29) is 17.2 Å². The molecule has 0 spiro atoms. The summed E-state index contributed by atoms with van der Waals surface area (Å²) in [6.07, 6.45) is 4.75. The van der Waals surface area contributed by atoms with E-state index in [1.165, 1.54) is 31.4 Å². The van der Waals surface area contributed by atoms with Crippen LogP contribution >= 0.6 is 0 Å². The number of esters is 1. The number of amides is 2. The number of fused-ring (bicyclic) bond motifs is 1. The predicted octanol–water partition coefficient (Wildman–Crippen LogP) is 4.99. The second kappa shape index (κ2) is 11.1. The van der Waals surface area contributed by atoms with E-state index in [2.05, 4.69) is 15.6 Å². The second-order valence-electron chi connectivity index (χ2n) is 8.17. The van der Waals surface area contributed by atoms with E-state index in [4.69, 9.17) is 4.74 Å². The summed E-state index contributed by atoms with van der Waals surface area (Å²) in [6.45, 7) is 2.16. The van der Waals surface area contributed by atoms with Crippen molar-refractivity contribution in [3.05, 3.63) is 114 Å². The van der Waals surface area contributed by atoms with Gasteiger partial charge < -0.3 is 15.4 Å². The molecule has 0 radical (unpaired) electrons. The fourth-order valence-corrected chi connectivity index (χ4v) is 3.75. The highest BCUT2D eigenvalue weighted by Gasteiger charge is 2.17. The number of nitrogens with one attached hydrogen (secondary N) is 2. The van der Waals surface area contributed by atoms with Crippen LogP contribution in [0.5, 0.6) is 0 Å². The Kier molecular flexibility index (Phi) is 7.51. The number of allylic oxidation sites excluding steroid dienone is 1. The smallest absolute Gasteiger partial charge is 0.339 e. The molecule has 3 aromatic carbocycles. The van der Waals surface area contributed by atoms with Crippen LogP contribution in [-0.4, -0.2) is 29.9 Å². The minimum absolute atomic E-state index is 0.147. The zero-order valence-electron chi connectivity index (χ0n) is 19.9. The SMILES string of the molecule is COC(=O)c1ccc(C(=O)NCc2ccncc2)cc1NC(=O)C=C(C)c1ccc2ccccc2c1. The van der Waals surface area contributed by atoms with E-state index < -0.39 is 11.9 Å². The molecule has 180 valence electrons. The summed E-state index contributed by atoms with van der Waals surface area (Å²) in [6, 6.07) is 22.0. The number of ether oxygens (including phenoxy) is 1. The first-order valence-corrected chi connectivity index (χ1v) is 11.3. The minimum Gasteiger partial charge on any atom is -0.465 e. The highest BCUT2D eigenvalue weighted by Crippen LogP contribution is 2.23. The lowest BCUT2D eigenvalue weighted by Gasteiger charge is -2.12. The van der Waals surface area contributed by atoms with E-state index in [1.54, 1.807) is 24.5 Å². The van der Waals surface area contributed by atoms with Crippen molar-refractivity contribution in [1.29, 1.82) is 0 Å². The number of rotatable bonds is 7. The highest BCUT2D eigenvalue weighted by molar-refractivity contribution is 6.09. The van der Waals surface area contributed by atoms with Gasteiger partial charge in [0.15, 0.2) is 0 Å². The zero-order valence-corrected chi connectivity index (χ0v) is 19.9. The van der Waals surface area contributed by atoms with Gasteiger partial charge in [0.05, 0.1) is 18.4 Å². The van der Waals surface area contributed by atoms with Crippen LogP contribution in [0.4, 0.5) is 5.69 Å². The van der Waals surface area contributed by atoms with Gasteiger partial charge in [-0.2, -0.15) is 0 Å². The molecule has 1 heterocycles. The molecule has 0 atom stereocenters. The molecule has 1 aromatic heterocycles. The van der Waals surface area contributed by atoms with Crippen molar-refractivity contribution < 1.29 is 19.1 Å². The van der Waals surface area contributed by atoms with Crippen LogP contribution in [0.2, 0.25) is 0 Å². The summed E-state index contributed by atoms with van der Waals surface area (Å²) in [7, 11) is 1.26. The maximum atomic E-state index is 12.9. The lowest BCUT2D eigenvalue weighted by atomic mass is 10.0. The van der Waals surface area contributed by atoms with E-state index in [0.29, 0.717) is 12.1 Å². The summed E-state index contributed by atoms with van der Waals surface area (Å²) in [5, 5.41) is 7.73. The molecule has 0 unspecified atom stereocenters. The van der Waals surface area contributed by atoms with Gasteiger partial charge in [-0.05, 0) is 70.8 Å². The number of hydrogen-bond donors (Lipinski definition) is 2. The van der Waals surface area contributed by atoms with Gasteiger partial charge in [0.1, 0.15) is 0 Å². The van der Waals surface area contributed by atoms with E-state index in [0.717, 1.165) is 27.5 Å². The molecule has 0 aliphatic carbocycles. The number of pyridine rings is 1. The number of anilines is 1. The van der Waals surface area contributed by atoms with Gasteiger partial charge in [-0.1, -0.05) is 36.4 Å². The molecule has 4 aromatic rings. The van der Waals surface area contributed by atoms with Crippen molar-refractivity contribution in [2.45, 2.75) is 13.5 Å². The third-order valence-corrected chi connectivity index (χ3v) is 5.70. The quantitative estimate of drug-likeness (QED) is 0.287. The Balaban J connectivity index is 1.54. The molecule has 0 aliphatic heterocycles. The lowest BCUT2D eigenvalue weighted by Crippen LogP contribution is -2.23. The van der Waals surface area contributed by atoms with Gasteiger partial charge in [-0.15, -0.1) is 0 Å². The molecule has 0 saturated carbocycles. The zero-order chi connectivity index (χ0) is 25.5. The summed E-state index contributed by atoms with van der Waals surface area (Å²) >= 11 is 0. The van der Waals surface area contributed by atoms with Crippen LogP contribution in [0.3, 0.4) is 0 Å². The summed E-state index contributed by atoms with van der Waals surface area (Å²) in [5.41, 5.74) is 3.18. The molecule has 7 heteroatoms. The monoisotopic (exact) mass is 479 g/mol. The van der Waals surface area contributed by atoms with Crippen molar-refractivity contribution in [2.75, 3.05) is 12.4 Å². The van der Waals surface area contributed by atoms with Crippen molar-refractivity contribution in [3.63, 3.8) is 0 Å². The molecule has 2 N–H and O–H groups in total. The van der Waals surface area contributed by atoms with Crippen LogP contribution in [0.15, 0.2) is 91.3 Å². The Morgan fingerprint density at radius 2 is 1.61 bits per heavy atom. The standard InChI is InChI=1S/C29H25N3O4/c1-19(22-8-7-21-5-3-4-6-23(21)16-22)15-27(33)32-26-17-24(9-10-25(26)29(35)36-2)28(34)31-18-20-11-13-30-14-12-20/h3-17H,18H2,1-2H3,(H,31,34)(H,32,33). The fraction of sp³-hybridized carbons (Fsp3) is 0.103. The Bertz CT molecular complexity index is 1460. The number of methoxy groups -OCH3 is 1. The lowest BCUT2D eigenvalue weighted by molar-refractivity contribution is -0.111. The first-order valence-electron chi connectivity index (χ1n) is 11.3. The first kappa shape index (κ1) is 24.3. The highest BCUT2D eigenvalue weighted by atomic mass is 16.5. The first-order chi connectivity index (χ1) is 17.4. The molecular formula is C29H25N3O4. The third kappa shape index (κ3) is 5.82. The molecule has 0 bridgehead atoms. The van der Waals surface area contributed by atoms with Crippen LogP contribution in [-0.2, 0) is 16.1 Å². The molecule has 0 aliphatic rings. The number of carbonyl (C=O) groups excluding carboxylic acids is 3. The van der Waals surface area contributed by atoms with Gasteiger partial charge in [0.25, 0.3) is 5.91 Å². The van der Waals surface area contributed by atoms with Gasteiger partial charge in [0.2, 0.25) is 5.91 Å². The largest absolute Gasteiger partial charge is 0.465 e. The van der Waals surface area contributed by atoms with Crippen molar-refractivity contribution >= 4 is 39.8 Å². The molecule has 0 saturated heterocycles. The number of carbonyl (C=O) groups is 3. The van der Waals surface area contributed by atoms with E-state index in [1.807, 2.05) is 49.4 Å².